The number of ether oxygens (including phenoxy) is 1. The molecule has 1 aliphatic rings. The van der Waals surface area contributed by atoms with E-state index in [-0.39, 0.29) is 6.10 Å². The van der Waals surface area contributed by atoms with Crippen LogP contribution in [0.1, 0.15) is 39.3 Å². The molecule has 0 unspecified atom stereocenters. The summed E-state index contributed by atoms with van der Waals surface area (Å²) in [6.07, 6.45) is 2.82. The van der Waals surface area contributed by atoms with Crippen LogP contribution in [0.3, 0.4) is 0 Å². The summed E-state index contributed by atoms with van der Waals surface area (Å²) < 4.78 is 5.63. The van der Waals surface area contributed by atoms with E-state index in [2.05, 4.69) is 27.1 Å². The lowest BCUT2D eigenvalue weighted by atomic mass is 10.4. The summed E-state index contributed by atoms with van der Waals surface area (Å²) in [6, 6.07) is 2.67. The minimum atomic E-state index is 0.127. The van der Waals surface area contributed by atoms with Gasteiger partial charge in [0.1, 0.15) is 0 Å². The van der Waals surface area contributed by atoms with Gasteiger partial charge in [0.25, 0.3) is 0 Å². The molecular formula is C15H26N4O. The van der Waals surface area contributed by atoms with Gasteiger partial charge in [-0.2, -0.15) is 4.98 Å². The molecule has 1 aromatic rings. The van der Waals surface area contributed by atoms with Crippen molar-refractivity contribution in [2.24, 2.45) is 0 Å². The second-order valence-corrected chi connectivity index (χ2v) is 5.62. The fourth-order valence-corrected chi connectivity index (χ4v) is 2.27. The SMILES string of the molecule is CCN(CCNc1nc(C)cc(OC(C)C)n1)C1CC1. The van der Waals surface area contributed by atoms with Crippen LogP contribution in [0.2, 0.25) is 0 Å². The number of nitrogens with zero attached hydrogens (tertiary/aromatic N) is 3. The van der Waals surface area contributed by atoms with Gasteiger partial charge in [-0.25, -0.2) is 4.98 Å². The van der Waals surface area contributed by atoms with Gasteiger partial charge < -0.3 is 10.1 Å². The van der Waals surface area contributed by atoms with Crippen LogP contribution in [0.4, 0.5) is 5.95 Å². The largest absolute Gasteiger partial charge is 0.475 e. The van der Waals surface area contributed by atoms with Crippen molar-refractivity contribution in [1.29, 1.82) is 0 Å². The van der Waals surface area contributed by atoms with Crippen LogP contribution < -0.4 is 10.1 Å². The first-order valence-corrected chi connectivity index (χ1v) is 7.58. The molecule has 0 bridgehead atoms. The van der Waals surface area contributed by atoms with Crippen LogP contribution in [0.15, 0.2) is 6.07 Å². The Labute approximate surface area is 121 Å². The van der Waals surface area contributed by atoms with Crippen LogP contribution in [-0.2, 0) is 0 Å². The zero-order chi connectivity index (χ0) is 14.5. The molecular weight excluding hydrogens is 252 g/mol. The lowest BCUT2D eigenvalue weighted by Crippen LogP contribution is -2.31. The van der Waals surface area contributed by atoms with Crippen molar-refractivity contribution in [3.8, 4) is 5.88 Å². The lowest BCUT2D eigenvalue weighted by molar-refractivity contribution is 0.232. The summed E-state index contributed by atoms with van der Waals surface area (Å²) in [7, 11) is 0. The minimum absolute atomic E-state index is 0.127. The Morgan fingerprint density at radius 3 is 2.75 bits per heavy atom. The number of nitrogens with one attached hydrogen (secondary N) is 1. The van der Waals surface area contributed by atoms with Crippen molar-refractivity contribution in [3.63, 3.8) is 0 Å². The van der Waals surface area contributed by atoms with Crippen molar-refractivity contribution in [1.82, 2.24) is 14.9 Å². The van der Waals surface area contributed by atoms with Crippen LogP contribution in [0.5, 0.6) is 5.88 Å². The van der Waals surface area contributed by atoms with Crippen LogP contribution in [-0.4, -0.2) is 46.6 Å². The van der Waals surface area contributed by atoms with E-state index in [4.69, 9.17) is 4.74 Å². The highest BCUT2D eigenvalue weighted by Crippen LogP contribution is 2.26. The molecule has 0 aromatic carbocycles. The predicted octanol–water partition coefficient (Wildman–Crippen LogP) is 2.47. The first-order valence-electron chi connectivity index (χ1n) is 7.58. The zero-order valence-electron chi connectivity index (χ0n) is 13.0. The minimum Gasteiger partial charge on any atom is -0.475 e. The molecule has 1 fully saturated rings. The Balaban J connectivity index is 1.86. The first kappa shape index (κ1) is 15.0. The summed E-state index contributed by atoms with van der Waals surface area (Å²) in [5.74, 6) is 1.30. The third-order valence-electron chi connectivity index (χ3n) is 3.34. The monoisotopic (exact) mass is 278 g/mol. The average Bonchev–Trinajstić information content (AvgIpc) is 3.17. The second-order valence-electron chi connectivity index (χ2n) is 5.62. The van der Waals surface area contributed by atoms with E-state index in [1.54, 1.807) is 0 Å². The smallest absolute Gasteiger partial charge is 0.226 e. The quantitative estimate of drug-likeness (QED) is 0.791. The normalized spacial score (nSPS) is 14.9. The van der Waals surface area contributed by atoms with Gasteiger partial charge in [-0.05, 0) is 40.2 Å². The van der Waals surface area contributed by atoms with Gasteiger partial charge in [-0.3, -0.25) is 4.90 Å². The number of hydrogen-bond donors (Lipinski definition) is 1. The number of likely N-dealkylation sites (N-methyl/N-ethyl adjacent to an activating group) is 1. The van der Waals surface area contributed by atoms with Gasteiger partial charge in [0.15, 0.2) is 0 Å². The zero-order valence-corrected chi connectivity index (χ0v) is 13.0. The van der Waals surface area contributed by atoms with Gasteiger partial charge in [0.05, 0.1) is 6.10 Å². The fourth-order valence-electron chi connectivity index (χ4n) is 2.27. The highest BCUT2D eigenvalue weighted by atomic mass is 16.5. The molecule has 1 saturated carbocycles. The molecule has 2 rings (SSSR count). The predicted molar refractivity (Wildman–Crippen MR) is 81.3 cm³/mol. The van der Waals surface area contributed by atoms with Crippen molar-refractivity contribution in [2.45, 2.75) is 52.7 Å². The summed E-state index contributed by atoms with van der Waals surface area (Å²) in [4.78, 5) is 11.3. The van der Waals surface area contributed by atoms with Crippen LogP contribution >= 0.6 is 0 Å². The van der Waals surface area contributed by atoms with Gasteiger partial charge in [-0.15, -0.1) is 0 Å². The molecule has 20 heavy (non-hydrogen) atoms. The van der Waals surface area contributed by atoms with Gasteiger partial charge in [0.2, 0.25) is 11.8 Å². The van der Waals surface area contributed by atoms with Crippen molar-refractivity contribution in [2.75, 3.05) is 25.0 Å². The molecule has 1 heterocycles. The highest BCUT2D eigenvalue weighted by Gasteiger charge is 2.27. The summed E-state index contributed by atoms with van der Waals surface area (Å²) in [5, 5.41) is 3.30. The maximum absolute atomic E-state index is 5.63. The molecule has 5 nitrogen and oxygen atoms in total. The van der Waals surface area contributed by atoms with Crippen LogP contribution in [0, 0.1) is 6.92 Å². The molecule has 0 saturated heterocycles. The van der Waals surface area contributed by atoms with E-state index in [1.807, 2.05) is 26.8 Å². The number of anilines is 1. The molecule has 0 spiro atoms. The Morgan fingerprint density at radius 2 is 2.15 bits per heavy atom. The molecule has 1 N–H and O–H groups in total. The Kier molecular flexibility index (Phi) is 5.17. The first-order chi connectivity index (χ1) is 9.58. The lowest BCUT2D eigenvalue weighted by Gasteiger charge is -2.19. The summed E-state index contributed by atoms with van der Waals surface area (Å²) in [5.41, 5.74) is 0.924. The standard InChI is InChI=1S/C15H26N4O/c1-5-19(13-6-7-13)9-8-16-15-17-12(4)10-14(18-15)20-11(2)3/h10-11,13H,5-9H2,1-4H3,(H,16,17,18). The van der Waals surface area contributed by atoms with Gasteiger partial charge in [0, 0.05) is 30.9 Å². The number of aromatic nitrogens is 2. The molecule has 112 valence electrons. The Bertz CT molecular complexity index is 432. The fraction of sp³-hybridized carbons (Fsp3) is 0.733. The van der Waals surface area contributed by atoms with E-state index in [9.17, 15) is 0 Å². The van der Waals surface area contributed by atoms with Crippen LogP contribution in [0.25, 0.3) is 0 Å². The Morgan fingerprint density at radius 1 is 1.40 bits per heavy atom. The average molecular weight is 278 g/mol. The van der Waals surface area contributed by atoms with Crippen molar-refractivity contribution >= 4 is 5.95 Å². The van der Waals surface area contributed by atoms with E-state index < -0.39 is 0 Å². The van der Waals surface area contributed by atoms with E-state index >= 15 is 0 Å². The van der Waals surface area contributed by atoms with Crippen molar-refractivity contribution in [3.05, 3.63) is 11.8 Å². The number of rotatable bonds is 8. The molecule has 5 heteroatoms. The van der Waals surface area contributed by atoms with Crippen molar-refractivity contribution < 1.29 is 4.74 Å². The van der Waals surface area contributed by atoms with E-state index in [0.717, 1.165) is 31.4 Å². The summed E-state index contributed by atoms with van der Waals surface area (Å²) >= 11 is 0. The topological polar surface area (TPSA) is 50.3 Å². The van der Waals surface area contributed by atoms with E-state index in [1.165, 1.54) is 12.8 Å². The molecule has 0 amide bonds. The maximum Gasteiger partial charge on any atom is 0.226 e. The maximum atomic E-state index is 5.63. The van der Waals surface area contributed by atoms with Gasteiger partial charge >= 0.3 is 0 Å². The second kappa shape index (κ2) is 6.88. The Hall–Kier alpha value is -1.36. The molecule has 0 aliphatic heterocycles. The van der Waals surface area contributed by atoms with E-state index in [0.29, 0.717) is 11.8 Å². The summed E-state index contributed by atoms with van der Waals surface area (Å²) in [6.45, 7) is 11.2. The molecule has 0 atom stereocenters. The van der Waals surface area contributed by atoms with Gasteiger partial charge in [-0.1, -0.05) is 6.92 Å². The molecule has 0 radical (unpaired) electrons. The number of hydrogen-bond acceptors (Lipinski definition) is 5. The highest BCUT2D eigenvalue weighted by molar-refractivity contribution is 5.30. The third kappa shape index (κ3) is 4.63. The third-order valence-corrected chi connectivity index (χ3v) is 3.34. The number of aryl methyl sites for hydroxylation is 1. The molecule has 1 aromatic heterocycles. The molecule has 1 aliphatic carbocycles.